The van der Waals surface area contributed by atoms with Crippen LogP contribution in [0.25, 0.3) is 17.2 Å². The van der Waals surface area contributed by atoms with Crippen LogP contribution in [0.2, 0.25) is 5.15 Å². The van der Waals surface area contributed by atoms with Crippen LogP contribution in [0, 0.1) is 0 Å². The van der Waals surface area contributed by atoms with Crippen molar-refractivity contribution in [3.63, 3.8) is 0 Å². The Kier molecular flexibility index (Phi) is 5.71. The molecular formula is C20H23ClN8. The van der Waals surface area contributed by atoms with E-state index in [4.69, 9.17) is 21.7 Å². The van der Waals surface area contributed by atoms with E-state index < -0.39 is 0 Å². The molecule has 0 amide bonds. The van der Waals surface area contributed by atoms with Crippen LogP contribution in [0.1, 0.15) is 43.9 Å². The highest BCUT2D eigenvalue weighted by Gasteiger charge is 2.14. The third kappa shape index (κ3) is 4.07. The van der Waals surface area contributed by atoms with Gasteiger partial charge in [0.15, 0.2) is 11.6 Å². The molecular weight excluding hydrogens is 388 g/mol. The lowest BCUT2D eigenvalue weighted by atomic mass is 10.2. The number of aromatic amines is 1. The van der Waals surface area contributed by atoms with Gasteiger partial charge in [-0.1, -0.05) is 37.6 Å². The van der Waals surface area contributed by atoms with Gasteiger partial charge in [-0.25, -0.2) is 14.8 Å². The number of nitrogens with zero attached hydrogens (tertiary/aromatic N) is 7. The monoisotopic (exact) mass is 410 g/mol. The van der Waals surface area contributed by atoms with E-state index in [9.17, 15) is 0 Å². The molecule has 3 heterocycles. The third-order valence-corrected chi connectivity index (χ3v) is 4.98. The molecule has 0 saturated heterocycles. The van der Waals surface area contributed by atoms with E-state index >= 15 is 0 Å². The molecule has 0 saturated carbocycles. The summed E-state index contributed by atoms with van der Waals surface area (Å²) in [5.41, 5.74) is 2.90. The quantitative estimate of drug-likeness (QED) is 0.476. The van der Waals surface area contributed by atoms with Gasteiger partial charge in [-0.2, -0.15) is 5.10 Å². The van der Waals surface area contributed by atoms with E-state index in [0.29, 0.717) is 17.5 Å². The summed E-state index contributed by atoms with van der Waals surface area (Å²) >= 11 is 6.41. The molecule has 0 aliphatic carbocycles. The first-order chi connectivity index (χ1) is 14.2. The first-order valence-corrected chi connectivity index (χ1v) is 10.2. The Labute approximate surface area is 173 Å². The number of rotatable bonds is 8. The van der Waals surface area contributed by atoms with Crippen molar-refractivity contribution < 1.29 is 0 Å². The van der Waals surface area contributed by atoms with Gasteiger partial charge in [-0.15, -0.1) is 5.10 Å². The van der Waals surface area contributed by atoms with E-state index in [2.05, 4.69) is 46.6 Å². The van der Waals surface area contributed by atoms with Gasteiger partial charge < -0.3 is 0 Å². The minimum atomic E-state index is 0.566. The van der Waals surface area contributed by atoms with Crippen LogP contribution < -0.4 is 0 Å². The van der Waals surface area contributed by atoms with Crippen LogP contribution in [-0.2, 0) is 19.4 Å². The van der Waals surface area contributed by atoms with Gasteiger partial charge in [0.25, 0.3) is 0 Å². The van der Waals surface area contributed by atoms with Gasteiger partial charge in [0.1, 0.15) is 11.0 Å². The van der Waals surface area contributed by atoms with Crippen molar-refractivity contribution in [2.45, 2.75) is 46.1 Å². The lowest BCUT2D eigenvalue weighted by molar-refractivity contribution is 0.623. The molecule has 0 aliphatic heterocycles. The molecule has 0 radical (unpaired) electrons. The highest BCUT2D eigenvalue weighted by atomic mass is 35.5. The SMILES string of the molecule is CCCc1nc(CCC)n(Cc2ccc(-n3c(Cl)ccc3-c3nnn[nH]3)cc2)n1. The van der Waals surface area contributed by atoms with Crippen molar-refractivity contribution in [3.05, 3.63) is 58.8 Å². The second-order valence-corrected chi connectivity index (χ2v) is 7.28. The third-order valence-electron chi connectivity index (χ3n) is 4.69. The summed E-state index contributed by atoms with van der Waals surface area (Å²) in [6.45, 7) is 5.01. The molecule has 1 aromatic carbocycles. The van der Waals surface area contributed by atoms with Crippen LogP contribution in [0.5, 0.6) is 0 Å². The molecule has 9 heteroatoms. The van der Waals surface area contributed by atoms with E-state index in [1.807, 2.05) is 33.5 Å². The van der Waals surface area contributed by atoms with Gasteiger partial charge in [0.05, 0.1) is 12.2 Å². The molecule has 4 rings (SSSR count). The van der Waals surface area contributed by atoms with E-state index in [1.54, 1.807) is 0 Å². The highest BCUT2D eigenvalue weighted by Crippen LogP contribution is 2.27. The number of halogens is 1. The highest BCUT2D eigenvalue weighted by molar-refractivity contribution is 6.30. The smallest absolute Gasteiger partial charge is 0.196 e. The second-order valence-electron chi connectivity index (χ2n) is 6.89. The first-order valence-electron chi connectivity index (χ1n) is 9.82. The van der Waals surface area contributed by atoms with Crippen molar-refractivity contribution in [1.82, 2.24) is 40.0 Å². The maximum Gasteiger partial charge on any atom is 0.196 e. The number of hydrogen-bond acceptors (Lipinski definition) is 5. The van der Waals surface area contributed by atoms with Crippen LogP contribution in [0.4, 0.5) is 0 Å². The number of tetrazole rings is 1. The zero-order chi connectivity index (χ0) is 20.2. The van der Waals surface area contributed by atoms with Gasteiger partial charge in [0, 0.05) is 18.5 Å². The number of aryl methyl sites for hydroxylation is 2. The zero-order valence-corrected chi connectivity index (χ0v) is 17.3. The second kappa shape index (κ2) is 8.57. The van der Waals surface area contributed by atoms with E-state index in [-0.39, 0.29) is 0 Å². The van der Waals surface area contributed by atoms with Gasteiger partial charge >= 0.3 is 0 Å². The number of aromatic nitrogens is 8. The van der Waals surface area contributed by atoms with E-state index in [1.165, 1.54) is 0 Å². The van der Waals surface area contributed by atoms with Crippen LogP contribution in [0.15, 0.2) is 36.4 Å². The maximum absolute atomic E-state index is 6.41. The summed E-state index contributed by atoms with van der Waals surface area (Å²) < 4.78 is 3.93. The average molecular weight is 411 g/mol. The lowest BCUT2D eigenvalue weighted by Crippen LogP contribution is -2.07. The molecule has 0 unspecified atom stereocenters. The van der Waals surface area contributed by atoms with Crippen molar-refractivity contribution in [3.8, 4) is 17.2 Å². The molecule has 0 fully saturated rings. The average Bonchev–Trinajstić information content (AvgIpc) is 3.44. The fourth-order valence-electron chi connectivity index (χ4n) is 3.34. The van der Waals surface area contributed by atoms with Crippen LogP contribution >= 0.6 is 11.6 Å². The predicted molar refractivity (Wildman–Crippen MR) is 111 cm³/mol. The summed E-state index contributed by atoms with van der Waals surface area (Å²) in [7, 11) is 0. The fourth-order valence-corrected chi connectivity index (χ4v) is 3.59. The Morgan fingerprint density at radius 3 is 2.48 bits per heavy atom. The van der Waals surface area contributed by atoms with Gasteiger partial charge in [0.2, 0.25) is 0 Å². The van der Waals surface area contributed by atoms with Crippen LogP contribution in [0.3, 0.4) is 0 Å². The Morgan fingerprint density at radius 2 is 1.79 bits per heavy atom. The van der Waals surface area contributed by atoms with Crippen LogP contribution in [-0.4, -0.2) is 40.0 Å². The number of hydrogen-bond donors (Lipinski definition) is 1. The maximum atomic E-state index is 6.41. The number of benzene rings is 1. The van der Waals surface area contributed by atoms with Crippen molar-refractivity contribution >= 4 is 11.6 Å². The molecule has 0 aliphatic rings. The molecule has 150 valence electrons. The van der Waals surface area contributed by atoms with Crippen molar-refractivity contribution in [2.24, 2.45) is 0 Å². The minimum absolute atomic E-state index is 0.566. The largest absolute Gasteiger partial charge is 0.297 e. The zero-order valence-electron chi connectivity index (χ0n) is 16.5. The Morgan fingerprint density at radius 1 is 1.00 bits per heavy atom. The summed E-state index contributed by atoms with van der Waals surface area (Å²) in [6, 6.07) is 12.0. The molecule has 1 N–H and O–H groups in total. The first kappa shape index (κ1) is 19.3. The van der Waals surface area contributed by atoms with E-state index in [0.717, 1.165) is 54.3 Å². The molecule has 4 aromatic rings. The summed E-state index contributed by atoms with van der Waals surface area (Å²) in [5.74, 6) is 2.54. The standard InChI is InChI=1S/C20H23ClN8/c1-3-5-18-22-19(6-4-2)28(25-18)13-14-7-9-15(10-8-14)29-16(11-12-17(29)21)20-23-26-27-24-20/h7-12H,3-6,13H2,1-2H3,(H,23,24,26,27). The Hall–Kier alpha value is -3.00. The van der Waals surface area contributed by atoms with Gasteiger partial charge in [-0.3, -0.25) is 4.57 Å². The Balaban J connectivity index is 1.59. The predicted octanol–water partition coefficient (Wildman–Crippen LogP) is 3.86. The number of H-pyrrole nitrogens is 1. The molecule has 3 aromatic heterocycles. The molecule has 0 atom stereocenters. The Bertz CT molecular complexity index is 1060. The normalized spacial score (nSPS) is 11.3. The topological polar surface area (TPSA) is 90.1 Å². The number of nitrogens with one attached hydrogen (secondary N) is 1. The fraction of sp³-hybridized carbons (Fsp3) is 0.350. The molecule has 0 spiro atoms. The summed E-state index contributed by atoms with van der Waals surface area (Å²) in [6.07, 6.45) is 3.94. The van der Waals surface area contributed by atoms with Crippen molar-refractivity contribution in [2.75, 3.05) is 0 Å². The summed E-state index contributed by atoms with van der Waals surface area (Å²) in [5, 5.41) is 19.4. The molecule has 0 bridgehead atoms. The molecule has 29 heavy (non-hydrogen) atoms. The van der Waals surface area contributed by atoms with Crippen molar-refractivity contribution in [1.29, 1.82) is 0 Å². The lowest BCUT2D eigenvalue weighted by Gasteiger charge is -2.11. The summed E-state index contributed by atoms with van der Waals surface area (Å²) in [4.78, 5) is 4.70. The molecule has 8 nitrogen and oxygen atoms in total. The minimum Gasteiger partial charge on any atom is -0.297 e. The van der Waals surface area contributed by atoms with Gasteiger partial charge in [-0.05, 0) is 53.1 Å².